The fraction of sp³-hybridized carbons (Fsp3) is 0.238. The Kier molecular flexibility index (Phi) is 6.66. The van der Waals surface area contributed by atoms with Crippen molar-refractivity contribution < 1.29 is 14.0 Å². The number of rotatable bonds is 7. The number of anilines is 1. The number of hydrogen-bond acceptors (Lipinski definition) is 6. The Morgan fingerprint density at radius 1 is 1.03 bits per heavy atom. The fourth-order valence-electron chi connectivity index (χ4n) is 2.60. The summed E-state index contributed by atoms with van der Waals surface area (Å²) in [6, 6.07) is 13.4. The minimum Gasteiger partial charge on any atom is -0.411 e. The largest absolute Gasteiger partial charge is 0.411 e. The van der Waals surface area contributed by atoms with Crippen LogP contribution >= 0.6 is 11.8 Å². The highest BCUT2D eigenvalue weighted by Gasteiger charge is 2.12. The van der Waals surface area contributed by atoms with E-state index >= 15 is 0 Å². The molecule has 2 aromatic carbocycles. The Morgan fingerprint density at radius 3 is 2.62 bits per heavy atom. The van der Waals surface area contributed by atoms with Gasteiger partial charge in [0.2, 0.25) is 17.7 Å². The lowest BCUT2D eigenvalue weighted by Gasteiger charge is -2.10. The van der Waals surface area contributed by atoms with E-state index in [2.05, 4.69) is 20.8 Å². The van der Waals surface area contributed by atoms with E-state index in [1.807, 2.05) is 63.2 Å². The number of benzene rings is 2. The van der Waals surface area contributed by atoms with Crippen molar-refractivity contribution in [3.05, 3.63) is 59.2 Å². The van der Waals surface area contributed by atoms with Crippen LogP contribution < -0.4 is 10.6 Å². The zero-order valence-electron chi connectivity index (χ0n) is 16.5. The Bertz CT molecular complexity index is 1030. The van der Waals surface area contributed by atoms with Gasteiger partial charge in [0.1, 0.15) is 0 Å². The molecule has 0 atom stereocenters. The lowest BCUT2D eigenvalue weighted by molar-refractivity contribution is -0.122. The molecular formula is C21H22N4O3S. The van der Waals surface area contributed by atoms with Crippen molar-refractivity contribution in [2.75, 3.05) is 17.6 Å². The van der Waals surface area contributed by atoms with Crippen LogP contribution in [0.3, 0.4) is 0 Å². The number of amides is 2. The molecule has 8 heteroatoms. The second-order valence-electron chi connectivity index (χ2n) is 6.60. The molecule has 3 aromatic rings. The molecule has 1 aromatic heterocycles. The van der Waals surface area contributed by atoms with Crippen LogP contribution in [-0.4, -0.2) is 34.3 Å². The minimum atomic E-state index is -0.290. The number of carbonyl (C=O) groups is 2. The van der Waals surface area contributed by atoms with Crippen LogP contribution in [0.1, 0.15) is 16.7 Å². The van der Waals surface area contributed by atoms with Crippen molar-refractivity contribution in [2.45, 2.75) is 26.0 Å². The van der Waals surface area contributed by atoms with E-state index in [0.29, 0.717) is 11.1 Å². The van der Waals surface area contributed by atoms with Crippen LogP contribution in [0.2, 0.25) is 0 Å². The molecular weight excluding hydrogens is 388 g/mol. The van der Waals surface area contributed by atoms with Gasteiger partial charge in [-0.2, -0.15) is 0 Å². The lowest BCUT2D eigenvalue weighted by Crippen LogP contribution is -2.34. The second kappa shape index (κ2) is 9.38. The topological polar surface area (TPSA) is 97.1 Å². The van der Waals surface area contributed by atoms with E-state index in [0.717, 1.165) is 39.7 Å². The molecule has 0 unspecified atom stereocenters. The monoisotopic (exact) mass is 410 g/mol. The highest BCUT2D eigenvalue weighted by Crippen LogP contribution is 2.23. The summed E-state index contributed by atoms with van der Waals surface area (Å²) in [6.07, 6.45) is 0. The average Bonchev–Trinajstić information content (AvgIpc) is 3.17. The molecule has 0 spiro atoms. The first-order valence-electron chi connectivity index (χ1n) is 9.08. The van der Waals surface area contributed by atoms with Crippen molar-refractivity contribution in [3.8, 4) is 11.5 Å². The lowest BCUT2D eigenvalue weighted by atomic mass is 10.1. The zero-order valence-corrected chi connectivity index (χ0v) is 17.3. The van der Waals surface area contributed by atoms with Gasteiger partial charge in [-0.25, -0.2) is 0 Å². The number of hydrogen-bond donors (Lipinski definition) is 2. The van der Waals surface area contributed by atoms with E-state index < -0.39 is 0 Å². The van der Waals surface area contributed by atoms with Gasteiger partial charge in [-0.15, -0.1) is 10.2 Å². The number of thioether (sulfide) groups is 1. The molecule has 0 bridgehead atoms. The van der Waals surface area contributed by atoms with Crippen LogP contribution in [0.25, 0.3) is 11.5 Å². The van der Waals surface area contributed by atoms with E-state index in [4.69, 9.17) is 4.42 Å². The van der Waals surface area contributed by atoms with Crippen molar-refractivity contribution in [3.63, 3.8) is 0 Å². The summed E-state index contributed by atoms with van der Waals surface area (Å²) >= 11 is 1.12. The Labute approximate surface area is 173 Å². The predicted octanol–water partition coefficient (Wildman–Crippen LogP) is 3.51. The Balaban J connectivity index is 1.45. The summed E-state index contributed by atoms with van der Waals surface area (Å²) in [4.78, 5) is 24.1. The molecule has 0 aliphatic carbocycles. The normalized spacial score (nSPS) is 10.6. The van der Waals surface area contributed by atoms with Crippen molar-refractivity contribution >= 4 is 29.3 Å². The van der Waals surface area contributed by atoms with Crippen molar-refractivity contribution in [1.29, 1.82) is 0 Å². The molecule has 2 amide bonds. The molecule has 2 N–H and O–H groups in total. The molecule has 0 saturated heterocycles. The van der Waals surface area contributed by atoms with E-state index in [9.17, 15) is 9.59 Å². The number of carbonyl (C=O) groups excluding carboxylic acids is 2. The summed E-state index contributed by atoms with van der Waals surface area (Å²) in [5.41, 5.74) is 4.76. The standard InChI is InChI=1S/C21H22N4O3S/c1-13-6-4-8-16(10-13)20-24-25-21(28-20)29-12-19(27)22-11-18(26)23-17-9-5-7-14(2)15(17)3/h4-10H,11-12H2,1-3H3,(H,22,27)(H,23,26). The predicted molar refractivity (Wildman–Crippen MR) is 113 cm³/mol. The summed E-state index contributed by atoms with van der Waals surface area (Å²) < 4.78 is 5.59. The van der Waals surface area contributed by atoms with E-state index in [1.54, 1.807) is 0 Å². The summed E-state index contributed by atoms with van der Waals surface area (Å²) in [7, 11) is 0. The number of nitrogens with one attached hydrogen (secondary N) is 2. The van der Waals surface area contributed by atoms with Crippen LogP contribution in [0.5, 0.6) is 0 Å². The molecule has 0 saturated carbocycles. The van der Waals surface area contributed by atoms with Gasteiger partial charge in [-0.05, 0) is 50.1 Å². The van der Waals surface area contributed by atoms with Gasteiger partial charge in [-0.1, -0.05) is 41.6 Å². The molecule has 3 rings (SSSR count). The van der Waals surface area contributed by atoms with Gasteiger partial charge in [-0.3, -0.25) is 9.59 Å². The van der Waals surface area contributed by atoms with Gasteiger partial charge in [0.15, 0.2) is 0 Å². The van der Waals surface area contributed by atoms with Crippen LogP contribution in [-0.2, 0) is 9.59 Å². The molecule has 1 heterocycles. The second-order valence-corrected chi connectivity index (χ2v) is 7.53. The molecule has 150 valence electrons. The summed E-state index contributed by atoms with van der Waals surface area (Å²) in [5.74, 6) is -0.0887. The van der Waals surface area contributed by atoms with Gasteiger partial charge >= 0.3 is 0 Å². The third kappa shape index (κ3) is 5.68. The molecule has 7 nitrogen and oxygen atoms in total. The summed E-state index contributed by atoms with van der Waals surface area (Å²) in [6.45, 7) is 5.79. The van der Waals surface area contributed by atoms with Crippen molar-refractivity contribution in [2.24, 2.45) is 0 Å². The molecule has 0 aliphatic heterocycles. The zero-order chi connectivity index (χ0) is 20.8. The van der Waals surface area contributed by atoms with Crippen molar-refractivity contribution in [1.82, 2.24) is 15.5 Å². The third-order valence-electron chi connectivity index (χ3n) is 4.32. The average molecular weight is 410 g/mol. The SMILES string of the molecule is Cc1cccc(-c2nnc(SCC(=O)NCC(=O)Nc3cccc(C)c3C)o2)c1. The van der Waals surface area contributed by atoms with Gasteiger partial charge in [0.25, 0.3) is 5.22 Å². The third-order valence-corrected chi connectivity index (χ3v) is 5.14. The molecule has 0 aliphatic rings. The van der Waals surface area contributed by atoms with Crippen LogP contribution in [0.15, 0.2) is 52.1 Å². The molecule has 0 fully saturated rings. The minimum absolute atomic E-state index is 0.0756. The van der Waals surface area contributed by atoms with Crippen LogP contribution in [0, 0.1) is 20.8 Å². The molecule has 29 heavy (non-hydrogen) atoms. The molecule has 0 radical (unpaired) electrons. The van der Waals surface area contributed by atoms with Crippen LogP contribution in [0.4, 0.5) is 5.69 Å². The first kappa shape index (κ1) is 20.6. The van der Waals surface area contributed by atoms with Gasteiger partial charge in [0, 0.05) is 11.3 Å². The first-order chi connectivity index (χ1) is 13.9. The highest BCUT2D eigenvalue weighted by atomic mass is 32.2. The van der Waals surface area contributed by atoms with E-state index in [1.165, 1.54) is 0 Å². The maximum Gasteiger partial charge on any atom is 0.277 e. The quantitative estimate of drug-likeness (QED) is 0.579. The smallest absolute Gasteiger partial charge is 0.277 e. The summed E-state index contributed by atoms with van der Waals surface area (Å²) in [5, 5.41) is 13.7. The maximum absolute atomic E-state index is 12.1. The van der Waals surface area contributed by atoms with Gasteiger partial charge in [0.05, 0.1) is 12.3 Å². The maximum atomic E-state index is 12.1. The number of aromatic nitrogens is 2. The number of aryl methyl sites for hydroxylation is 2. The van der Waals surface area contributed by atoms with E-state index in [-0.39, 0.29) is 24.1 Å². The highest BCUT2D eigenvalue weighted by molar-refractivity contribution is 7.99. The Hall–Kier alpha value is -3.13. The van der Waals surface area contributed by atoms with Gasteiger partial charge < -0.3 is 15.1 Å². The number of nitrogens with zero attached hydrogens (tertiary/aromatic N) is 2. The Morgan fingerprint density at radius 2 is 1.83 bits per heavy atom. The fourth-order valence-corrected chi connectivity index (χ4v) is 3.19. The first-order valence-corrected chi connectivity index (χ1v) is 10.1.